The zero-order chi connectivity index (χ0) is 13.1. The molecule has 2 heterocycles. The van der Waals surface area contributed by atoms with Crippen LogP contribution in [0.15, 0.2) is 12.1 Å². The highest BCUT2D eigenvalue weighted by molar-refractivity contribution is 5.58. The largest absolute Gasteiger partial charge is 0.378 e. The molecule has 18 heavy (non-hydrogen) atoms. The van der Waals surface area contributed by atoms with Gasteiger partial charge >= 0.3 is 5.69 Å². The number of nitrogen functional groups attached to an aromatic ring is 1. The van der Waals surface area contributed by atoms with Crippen molar-refractivity contribution in [3.63, 3.8) is 0 Å². The summed E-state index contributed by atoms with van der Waals surface area (Å²) in [5.74, 6) is 0.388. The summed E-state index contributed by atoms with van der Waals surface area (Å²) in [6.07, 6.45) is -0.517. The summed E-state index contributed by atoms with van der Waals surface area (Å²) in [5.41, 5.74) is 5.30. The highest BCUT2D eigenvalue weighted by Gasteiger charge is 2.22. The van der Waals surface area contributed by atoms with Gasteiger partial charge in [-0.15, -0.1) is 0 Å². The molecule has 2 N–H and O–H groups in total. The van der Waals surface area contributed by atoms with Crippen LogP contribution in [0, 0.1) is 21.4 Å². The lowest BCUT2D eigenvalue weighted by molar-refractivity contribution is -0.384. The van der Waals surface area contributed by atoms with Crippen LogP contribution in [0.1, 0.15) is 0 Å². The monoisotopic (exact) mass is 249 g/mol. The topological polar surface area (TPSA) is 118 Å². The zero-order valence-electron chi connectivity index (χ0n) is 9.44. The van der Waals surface area contributed by atoms with Crippen LogP contribution in [-0.2, 0) is 4.74 Å². The molecule has 94 valence electrons. The number of nitrogens with two attached hydrogens (primary N) is 1. The van der Waals surface area contributed by atoms with E-state index >= 15 is 0 Å². The molecule has 2 rings (SSSR count). The number of pyridine rings is 1. The zero-order valence-corrected chi connectivity index (χ0v) is 9.44. The third-order valence-electron chi connectivity index (χ3n) is 2.62. The van der Waals surface area contributed by atoms with E-state index in [4.69, 9.17) is 15.7 Å². The van der Waals surface area contributed by atoms with Crippen molar-refractivity contribution in [2.75, 3.05) is 30.3 Å². The van der Waals surface area contributed by atoms with Gasteiger partial charge in [0, 0.05) is 12.6 Å². The van der Waals surface area contributed by atoms with Crippen molar-refractivity contribution < 1.29 is 9.66 Å². The quantitative estimate of drug-likeness (QED) is 0.591. The van der Waals surface area contributed by atoms with E-state index < -0.39 is 11.0 Å². The number of nitro groups is 1. The Kier molecular flexibility index (Phi) is 3.25. The van der Waals surface area contributed by atoms with Gasteiger partial charge in [-0.2, -0.15) is 5.26 Å². The second-order valence-corrected chi connectivity index (χ2v) is 3.77. The van der Waals surface area contributed by atoms with Gasteiger partial charge in [-0.3, -0.25) is 10.1 Å². The molecule has 0 amide bonds. The highest BCUT2D eigenvalue weighted by Crippen LogP contribution is 2.23. The SMILES string of the molecule is N#CC1CN(c2ccc([N+](=O)[O-])c(N)n2)CCO1. The fourth-order valence-corrected chi connectivity index (χ4v) is 1.72. The van der Waals surface area contributed by atoms with E-state index in [1.54, 1.807) is 0 Å². The number of nitrogens with zero attached hydrogens (tertiary/aromatic N) is 4. The van der Waals surface area contributed by atoms with Crippen molar-refractivity contribution >= 4 is 17.3 Å². The normalized spacial score (nSPS) is 19.3. The molecule has 1 saturated heterocycles. The molecule has 1 atom stereocenters. The van der Waals surface area contributed by atoms with Gasteiger partial charge in [-0.05, 0) is 6.07 Å². The number of morpholine rings is 1. The lowest BCUT2D eigenvalue weighted by Gasteiger charge is -2.30. The van der Waals surface area contributed by atoms with Gasteiger partial charge in [-0.25, -0.2) is 4.98 Å². The lowest BCUT2D eigenvalue weighted by atomic mass is 10.3. The molecule has 0 aliphatic carbocycles. The summed E-state index contributed by atoms with van der Waals surface area (Å²) < 4.78 is 5.20. The first-order valence-corrected chi connectivity index (χ1v) is 5.29. The minimum Gasteiger partial charge on any atom is -0.378 e. The van der Waals surface area contributed by atoms with Crippen LogP contribution in [0.5, 0.6) is 0 Å². The predicted octanol–water partition coefficient (Wildman–Crippen LogP) is 0.301. The van der Waals surface area contributed by atoms with Crippen molar-refractivity contribution in [2.45, 2.75) is 6.10 Å². The Labute approximate surface area is 103 Å². The Balaban J connectivity index is 2.21. The highest BCUT2D eigenvalue weighted by atomic mass is 16.6. The maximum atomic E-state index is 10.6. The first-order chi connectivity index (χ1) is 8.61. The smallest absolute Gasteiger partial charge is 0.311 e. The molecule has 8 nitrogen and oxygen atoms in total. The molecule has 1 aromatic rings. The number of rotatable bonds is 2. The molecule has 0 aromatic carbocycles. The van der Waals surface area contributed by atoms with Crippen LogP contribution in [0.25, 0.3) is 0 Å². The minimum atomic E-state index is -0.580. The van der Waals surface area contributed by atoms with Crippen molar-refractivity contribution in [1.82, 2.24) is 4.98 Å². The fourth-order valence-electron chi connectivity index (χ4n) is 1.72. The number of hydrogen-bond acceptors (Lipinski definition) is 7. The first kappa shape index (κ1) is 12.1. The standard InChI is InChI=1S/C10H11N5O3/c11-5-7-6-14(3-4-18-7)9-2-1-8(15(16)17)10(12)13-9/h1-2,7H,3-4,6H2,(H2,12,13). The van der Waals surface area contributed by atoms with Gasteiger partial charge in [0.25, 0.3) is 0 Å². The molecule has 0 saturated carbocycles. The van der Waals surface area contributed by atoms with Crippen LogP contribution >= 0.6 is 0 Å². The Morgan fingerprint density at radius 2 is 2.44 bits per heavy atom. The third-order valence-corrected chi connectivity index (χ3v) is 2.62. The van der Waals surface area contributed by atoms with E-state index in [-0.39, 0.29) is 11.5 Å². The number of anilines is 2. The minimum absolute atomic E-state index is 0.127. The summed E-state index contributed by atoms with van der Waals surface area (Å²) >= 11 is 0. The molecule has 1 fully saturated rings. The van der Waals surface area contributed by atoms with E-state index in [0.717, 1.165) is 0 Å². The van der Waals surface area contributed by atoms with Crippen LogP contribution in [0.3, 0.4) is 0 Å². The summed E-state index contributed by atoms with van der Waals surface area (Å²) in [5, 5.41) is 19.4. The molecule has 1 aliphatic rings. The van der Waals surface area contributed by atoms with Gasteiger partial charge in [0.1, 0.15) is 5.82 Å². The van der Waals surface area contributed by atoms with Crippen LogP contribution in [0.4, 0.5) is 17.3 Å². The van der Waals surface area contributed by atoms with Gasteiger partial charge in [0.15, 0.2) is 6.10 Å². The molecule has 1 unspecified atom stereocenters. The second-order valence-electron chi connectivity index (χ2n) is 3.77. The maximum absolute atomic E-state index is 10.6. The third kappa shape index (κ3) is 2.31. The lowest BCUT2D eigenvalue weighted by Crippen LogP contribution is -2.42. The Hall–Kier alpha value is -2.40. The molecule has 1 aliphatic heterocycles. The fraction of sp³-hybridized carbons (Fsp3) is 0.400. The molecular formula is C10H11N5O3. The molecule has 1 aromatic heterocycles. The molecular weight excluding hydrogens is 238 g/mol. The summed E-state index contributed by atoms with van der Waals surface area (Å²) in [6.45, 7) is 1.36. The van der Waals surface area contributed by atoms with E-state index in [9.17, 15) is 10.1 Å². The van der Waals surface area contributed by atoms with Crippen molar-refractivity contribution in [3.05, 3.63) is 22.2 Å². The van der Waals surface area contributed by atoms with Crippen molar-refractivity contribution in [3.8, 4) is 6.07 Å². The number of hydrogen-bond donors (Lipinski definition) is 1. The van der Waals surface area contributed by atoms with Crippen LogP contribution in [0.2, 0.25) is 0 Å². The van der Waals surface area contributed by atoms with E-state index in [1.165, 1.54) is 12.1 Å². The average molecular weight is 249 g/mol. The molecule has 0 bridgehead atoms. The van der Waals surface area contributed by atoms with Gasteiger partial charge in [-0.1, -0.05) is 0 Å². The number of nitriles is 1. The molecule has 8 heteroatoms. The summed E-state index contributed by atoms with van der Waals surface area (Å²) in [6, 6.07) is 4.85. The first-order valence-electron chi connectivity index (χ1n) is 5.29. The predicted molar refractivity (Wildman–Crippen MR) is 62.9 cm³/mol. The van der Waals surface area contributed by atoms with Gasteiger partial charge in [0.05, 0.1) is 24.1 Å². The average Bonchev–Trinajstić information content (AvgIpc) is 2.38. The van der Waals surface area contributed by atoms with Gasteiger partial charge < -0.3 is 15.4 Å². The van der Waals surface area contributed by atoms with Crippen molar-refractivity contribution in [1.29, 1.82) is 5.26 Å². The van der Waals surface area contributed by atoms with E-state index in [0.29, 0.717) is 25.5 Å². The van der Waals surface area contributed by atoms with Crippen LogP contribution < -0.4 is 10.6 Å². The number of aromatic nitrogens is 1. The van der Waals surface area contributed by atoms with E-state index in [2.05, 4.69) is 4.98 Å². The van der Waals surface area contributed by atoms with Crippen molar-refractivity contribution in [2.24, 2.45) is 0 Å². The Bertz CT molecular complexity index is 513. The molecule has 0 radical (unpaired) electrons. The van der Waals surface area contributed by atoms with Gasteiger partial charge in [0.2, 0.25) is 5.82 Å². The Morgan fingerprint density at radius 3 is 3.06 bits per heavy atom. The summed E-state index contributed by atoms with van der Waals surface area (Å²) in [7, 11) is 0. The van der Waals surface area contributed by atoms with Crippen LogP contribution in [-0.4, -0.2) is 35.7 Å². The number of ether oxygens (including phenoxy) is 1. The summed E-state index contributed by atoms with van der Waals surface area (Å²) in [4.78, 5) is 15.8. The Morgan fingerprint density at radius 1 is 1.67 bits per heavy atom. The maximum Gasteiger partial charge on any atom is 0.311 e. The second kappa shape index (κ2) is 4.85. The molecule has 0 spiro atoms. The van der Waals surface area contributed by atoms with E-state index in [1.807, 2.05) is 11.0 Å².